The molecule has 2 atom stereocenters. The molecule has 0 bridgehead atoms. The van der Waals surface area contributed by atoms with E-state index < -0.39 is 0 Å². The predicted octanol–water partition coefficient (Wildman–Crippen LogP) is 4.95. The van der Waals surface area contributed by atoms with Crippen molar-refractivity contribution in [3.8, 4) is 0 Å². The van der Waals surface area contributed by atoms with Crippen LogP contribution < -0.4 is 5.32 Å². The first kappa shape index (κ1) is 17.8. The Labute approximate surface area is 146 Å². The van der Waals surface area contributed by atoms with E-state index in [0.29, 0.717) is 10.0 Å². The standard InChI is InChI=1S/C18H19Cl2NO2/c1-12(13-6-4-3-5-7-13)21-17(11-18(22)23-2)15-9-8-14(19)10-16(15)20/h3-10,12,17,21H,11H2,1-2H3/t12-,17-/m1/s1. The van der Waals surface area contributed by atoms with Gasteiger partial charge in [0.1, 0.15) is 0 Å². The summed E-state index contributed by atoms with van der Waals surface area (Å²) in [5, 5.41) is 4.54. The zero-order chi connectivity index (χ0) is 16.8. The highest BCUT2D eigenvalue weighted by Crippen LogP contribution is 2.30. The first-order valence-electron chi connectivity index (χ1n) is 7.34. The Hall–Kier alpha value is -1.55. The number of carbonyl (C=O) groups excluding carboxylic acids is 1. The van der Waals surface area contributed by atoms with Gasteiger partial charge < -0.3 is 10.1 Å². The summed E-state index contributed by atoms with van der Waals surface area (Å²) in [4.78, 5) is 11.8. The van der Waals surface area contributed by atoms with E-state index in [1.165, 1.54) is 7.11 Å². The summed E-state index contributed by atoms with van der Waals surface area (Å²) >= 11 is 12.3. The maximum absolute atomic E-state index is 11.8. The molecule has 0 heterocycles. The summed E-state index contributed by atoms with van der Waals surface area (Å²) < 4.78 is 4.80. The molecule has 2 aromatic carbocycles. The molecule has 23 heavy (non-hydrogen) atoms. The second-order valence-electron chi connectivity index (χ2n) is 5.30. The number of nitrogens with one attached hydrogen (secondary N) is 1. The smallest absolute Gasteiger partial charge is 0.307 e. The van der Waals surface area contributed by atoms with Gasteiger partial charge in [0.2, 0.25) is 0 Å². The molecule has 0 unspecified atom stereocenters. The van der Waals surface area contributed by atoms with E-state index in [-0.39, 0.29) is 24.5 Å². The molecule has 5 heteroatoms. The molecule has 1 N–H and O–H groups in total. The summed E-state index contributed by atoms with van der Waals surface area (Å²) in [7, 11) is 1.38. The Morgan fingerprint density at radius 3 is 2.48 bits per heavy atom. The molecule has 0 radical (unpaired) electrons. The number of esters is 1. The van der Waals surface area contributed by atoms with Crippen LogP contribution in [0.25, 0.3) is 0 Å². The van der Waals surface area contributed by atoms with Gasteiger partial charge in [0.05, 0.1) is 13.5 Å². The molecular formula is C18H19Cl2NO2. The lowest BCUT2D eigenvalue weighted by Gasteiger charge is -2.24. The number of rotatable bonds is 6. The van der Waals surface area contributed by atoms with E-state index >= 15 is 0 Å². The lowest BCUT2D eigenvalue weighted by molar-refractivity contribution is -0.141. The van der Waals surface area contributed by atoms with Crippen molar-refractivity contribution >= 4 is 29.2 Å². The number of carbonyl (C=O) groups is 1. The summed E-state index contributed by atoms with van der Waals surface area (Å²) in [5.41, 5.74) is 1.96. The molecule has 0 aromatic heterocycles. The fourth-order valence-electron chi connectivity index (χ4n) is 2.43. The second-order valence-corrected chi connectivity index (χ2v) is 6.14. The van der Waals surface area contributed by atoms with Crippen LogP contribution in [0.2, 0.25) is 10.0 Å². The predicted molar refractivity (Wildman–Crippen MR) is 93.8 cm³/mol. The molecule has 122 valence electrons. The highest BCUT2D eigenvalue weighted by Gasteiger charge is 2.21. The third-order valence-corrected chi connectivity index (χ3v) is 4.25. The highest BCUT2D eigenvalue weighted by molar-refractivity contribution is 6.35. The molecule has 0 saturated heterocycles. The number of benzene rings is 2. The van der Waals surface area contributed by atoms with Crippen LogP contribution in [0.5, 0.6) is 0 Å². The highest BCUT2D eigenvalue weighted by atomic mass is 35.5. The fraction of sp³-hybridized carbons (Fsp3) is 0.278. The number of ether oxygens (including phenoxy) is 1. The van der Waals surface area contributed by atoms with Crippen LogP contribution in [-0.4, -0.2) is 13.1 Å². The van der Waals surface area contributed by atoms with E-state index in [1.807, 2.05) is 43.3 Å². The molecule has 0 saturated carbocycles. The van der Waals surface area contributed by atoms with Gasteiger partial charge in [-0.2, -0.15) is 0 Å². The van der Waals surface area contributed by atoms with Crippen molar-refractivity contribution in [3.63, 3.8) is 0 Å². The van der Waals surface area contributed by atoms with Gasteiger partial charge in [0.25, 0.3) is 0 Å². The van der Waals surface area contributed by atoms with Gasteiger partial charge in [-0.3, -0.25) is 4.79 Å². The van der Waals surface area contributed by atoms with E-state index in [2.05, 4.69) is 5.32 Å². The number of hydrogen-bond donors (Lipinski definition) is 1. The summed E-state index contributed by atoms with van der Waals surface area (Å²) in [6, 6.07) is 15.1. The Morgan fingerprint density at radius 2 is 1.87 bits per heavy atom. The van der Waals surface area contributed by atoms with Crippen LogP contribution >= 0.6 is 23.2 Å². The summed E-state index contributed by atoms with van der Waals surface area (Å²) in [6.45, 7) is 2.05. The van der Waals surface area contributed by atoms with E-state index in [1.54, 1.807) is 12.1 Å². The third kappa shape index (κ3) is 4.96. The van der Waals surface area contributed by atoms with Crippen LogP contribution in [0.4, 0.5) is 0 Å². The van der Waals surface area contributed by atoms with Gasteiger partial charge in [0.15, 0.2) is 0 Å². The minimum absolute atomic E-state index is 0.0533. The van der Waals surface area contributed by atoms with Gasteiger partial charge in [-0.25, -0.2) is 0 Å². The van der Waals surface area contributed by atoms with Crippen molar-refractivity contribution in [2.75, 3.05) is 7.11 Å². The van der Waals surface area contributed by atoms with Crippen molar-refractivity contribution < 1.29 is 9.53 Å². The normalized spacial score (nSPS) is 13.4. The minimum atomic E-state index is -0.297. The van der Waals surface area contributed by atoms with Gasteiger partial charge >= 0.3 is 5.97 Å². The Bertz CT molecular complexity index is 661. The van der Waals surface area contributed by atoms with Gasteiger partial charge in [-0.15, -0.1) is 0 Å². The quantitative estimate of drug-likeness (QED) is 0.748. The van der Waals surface area contributed by atoms with Crippen LogP contribution in [0, 0.1) is 0 Å². The van der Waals surface area contributed by atoms with Gasteiger partial charge in [-0.05, 0) is 30.2 Å². The summed E-state index contributed by atoms with van der Waals surface area (Å²) in [5.74, 6) is -0.297. The SMILES string of the molecule is COC(=O)C[C@@H](N[C@H](C)c1ccccc1)c1ccc(Cl)cc1Cl. The molecule has 0 aliphatic heterocycles. The molecule has 0 aliphatic carbocycles. The van der Waals surface area contributed by atoms with E-state index in [4.69, 9.17) is 27.9 Å². The van der Waals surface area contributed by atoms with Gasteiger partial charge in [0, 0.05) is 22.1 Å². The fourth-order valence-corrected chi connectivity index (χ4v) is 2.97. The zero-order valence-corrected chi connectivity index (χ0v) is 14.6. The van der Waals surface area contributed by atoms with Crippen molar-refractivity contribution in [1.82, 2.24) is 5.32 Å². The first-order chi connectivity index (χ1) is 11.0. The first-order valence-corrected chi connectivity index (χ1v) is 8.09. The van der Waals surface area contributed by atoms with Crippen molar-refractivity contribution in [1.29, 1.82) is 0 Å². The van der Waals surface area contributed by atoms with Crippen molar-refractivity contribution in [2.45, 2.75) is 25.4 Å². The largest absolute Gasteiger partial charge is 0.469 e. The Kier molecular flexibility index (Phi) is 6.46. The number of hydrogen-bond acceptors (Lipinski definition) is 3. The minimum Gasteiger partial charge on any atom is -0.469 e. The van der Waals surface area contributed by atoms with E-state index in [0.717, 1.165) is 11.1 Å². The average Bonchev–Trinajstić information content (AvgIpc) is 2.55. The van der Waals surface area contributed by atoms with Crippen LogP contribution in [0.1, 0.15) is 36.6 Å². The average molecular weight is 352 g/mol. The molecule has 0 fully saturated rings. The molecule has 2 rings (SSSR count). The molecule has 2 aromatic rings. The third-order valence-electron chi connectivity index (χ3n) is 3.69. The zero-order valence-electron chi connectivity index (χ0n) is 13.1. The molecular weight excluding hydrogens is 333 g/mol. The van der Waals surface area contributed by atoms with Crippen molar-refractivity contribution in [2.24, 2.45) is 0 Å². The summed E-state index contributed by atoms with van der Waals surface area (Å²) in [6.07, 6.45) is 0.190. The number of halogens is 2. The maximum atomic E-state index is 11.8. The number of methoxy groups -OCH3 is 1. The Morgan fingerprint density at radius 1 is 1.17 bits per heavy atom. The Balaban J connectivity index is 2.25. The van der Waals surface area contributed by atoms with Crippen LogP contribution in [0.15, 0.2) is 48.5 Å². The van der Waals surface area contributed by atoms with Crippen LogP contribution in [-0.2, 0) is 9.53 Å². The second kappa shape index (κ2) is 8.34. The lowest BCUT2D eigenvalue weighted by atomic mass is 10.0. The van der Waals surface area contributed by atoms with E-state index in [9.17, 15) is 4.79 Å². The molecule has 0 amide bonds. The van der Waals surface area contributed by atoms with Crippen molar-refractivity contribution in [3.05, 3.63) is 69.7 Å². The maximum Gasteiger partial charge on any atom is 0.307 e. The topological polar surface area (TPSA) is 38.3 Å². The molecule has 0 aliphatic rings. The monoisotopic (exact) mass is 351 g/mol. The van der Waals surface area contributed by atoms with Gasteiger partial charge in [-0.1, -0.05) is 59.6 Å². The molecule has 0 spiro atoms. The lowest BCUT2D eigenvalue weighted by Crippen LogP contribution is -2.27. The van der Waals surface area contributed by atoms with Crippen LogP contribution in [0.3, 0.4) is 0 Å². The molecule has 3 nitrogen and oxygen atoms in total.